The van der Waals surface area contributed by atoms with E-state index in [1.165, 1.54) is 44.7 Å². The van der Waals surface area contributed by atoms with Gasteiger partial charge in [0.25, 0.3) is 0 Å². The summed E-state index contributed by atoms with van der Waals surface area (Å²) in [5.74, 6) is -8.72. The number of benzene rings is 1. The van der Waals surface area contributed by atoms with E-state index in [-0.39, 0.29) is 43.3 Å². The lowest BCUT2D eigenvalue weighted by atomic mass is 10.00. The van der Waals surface area contributed by atoms with Gasteiger partial charge in [0, 0.05) is 6.42 Å². The minimum Gasteiger partial charge on any atom is -0.508 e. The smallest absolute Gasteiger partial charge is 0.245 e. The fourth-order valence-corrected chi connectivity index (χ4v) is 7.06. The van der Waals surface area contributed by atoms with Crippen molar-refractivity contribution in [2.24, 2.45) is 23.3 Å². The van der Waals surface area contributed by atoms with Crippen LogP contribution in [0.3, 0.4) is 0 Å². The first-order valence-electron chi connectivity index (χ1n) is 23.5. The molecule has 0 aliphatic carbocycles. The van der Waals surface area contributed by atoms with Gasteiger partial charge in [0.1, 0.15) is 54.3 Å². The summed E-state index contributed by atoms with van der Waals surface area (Å²) >= 11 is 1.32. The van der Waals surface area contributed by atoms with E-state index in [0.29, 0.717) is 24.0 Å². The van der Waals surface area contributed by atoms with Gasteiger partial charge in [0.15, 0.2) is 0 Å². The molecular weight excluding hydrogens is 963 g/mol. The quantitative estimate of drug-likeness (QED) is 0.0298. The topological polar surface area (TPSA) is 409 Å². The average molecular weight is 1040 g/mol. The third-order valence-corrected chi connectivity index (χ3v) is 11.8. The lowest BCUT2D eigenvalue weighted by Crippen LogP contribution is -2.60. The Morgan fingerprint density at radius 3 is 1.72 bits per heavy atom. The van der Waals surface area contributed by atoms with Crippen molar-refractivity contribution in [2.75, 3.05) is 25.2 Å². The van der Waals surface area contributed by atoms with E-state index >= 15 is 0 Å². The number of aliphatic hydroxyl groups excluding tert-OH is 2. The van der Waals surface area contributed by atoms with Crippen LogP contribution in [0.4, 0.5) is 0 Å². The van der Waals surface area contributed by atoms with Crippen LogP contribution < -0.4 is 59.3 Å². The molecule has 26 heteroatoms. The molecule has 72 heavy (non-hydrogen) atoms. The first-order chi connectivity index (χ1) is 33.8. The number of carbonyl (C=O) groups is 11. The van der Waals surface area contributed by atoms with Crippen molar-refractivity contribution in [3.05, 3.63) is 29.8 Å². The summed E-state index contributed by atoms with van der Waals surface area (Å²) in [4.78, 5) is 142. The van der Waals surface area contributed by atoms with E-state index < -0.39 is 139 Å². The van der Waals surface area contributed by atoms with Gasteiger partial charge in [-0.2, -0.15) is 11.8 Å². The Balaban J connectivity index is 3.05. The van der Waals surface area contributed by atoms with Gasteiger partial charge in [0.2, 0.25) is 59.1 Å². The molecule has 10 amide bonds. The van der Waals surface area contributed by atoms with Crippen LogP contribution in [0.2, 0.25) is 0 Å². The normalized spacial score (nSPS) is 15.7. The number of phenolic OH excluding ortho intramolecular Hbond substituents is 1. The minimum absolute atomic E-state index is 0.00689. The highest BCUT2D eigenvalue weighted by Crippen LogP contribution is 2.12. The zero-order valence-corrected chi connectivity index (χ0v) is 42.9. The van der Waals surface area contributed by atoms with Crippen LogP contribution in [0.1, 0.15) is 86.1 Å². The van der Waals surface area contributed by atoms with Gasteiger partial charge in [0.05, 0.1) is 31.3 Å². The molecule has 1 aromatic rings. The van der Waals surface area contributed by atoms with E-state index in [1.807, 2.05) is 6.92 Å². The maximum Gasteiger partial charge on any atom is 0.245 e. The summed E-state index contributed by atoms with van der Waals surface area (Å²) in [5, 5.41) is 51.7. The summed E-state index contributed by atoms with van der Waals surface area (Å²) in [6, 6.07) is -5.79. The molecule has 25 nitrogen and oxygen atoms in total. The van der Waals surface area contributed by atoms with E-state index in [1.54, 1.807) is 39.2 Å². The Bertz CT molecular complexity index is 2010. The SMILES string of the molecule is CC[C@@H](C)[C@@H](C=O)NC(=O)[C@@H](C)NC(=O)[C@H](NC(=O)[C@H](C)NC(=O)CNC(=O)[C@H](CCSC)NC(=O)[C@@H](CCC(N)=O)NC(=O)[C@H](CC(C)C)NC(=O)[C@@H](CO)NC(=O)[C@H](N)Cc1ccc(O)cc1)[C@@H](C)O. The third kappa shape index (κ3) is 23.2. The van der Waals surface area contributed by atoms with Crippen molar-refractivity contribution < 1.29 is 68.1 Å². The molecule has 0 radical (unpaired) electrons. The summed E-state index contributed by atoms with van der Waals surface area (Å²) < 4.78 is 0. The average Bonchev–Trinajstić information content (AvgIpc) is 3.32. The van der Waals surface area contributed by atoms with Crippen LogP contribution >= 0.6 is 11.8 Å². The number of hydrogen-bond donors (Lipinski definition) is 14. The number of thioether (sulfide) groups is 1. The minimum atomic E-state index is -1.58. The second kappa shape index (κ2) is 32.6. The summed E-state index contributed by atoms with van der Waals surface area (Å²) in [7, 11) is 0. The fraction of sp³-hybridized carbons (Fsp3) is 0.630. The standard InChI is InChI=1S/C46H75N11O14S/c1-9-24(4)34(21-58)55-39(64)26(6)51-46(71)38(27(7)60)57-40(65)25(5)50-37(63)20-49-42(67)32(16-17-72-8)53-43(68)31(14-15-36(48)62)52-44(69)33(18-23(2)3)54-45(70)35(22-59)56-41(66)30(47)19-28-10-12-29(61)13-11-28/h10-13,21,23-27,30-35,38,59-61H,9,14-20,22,47H2,1-8H3,(H2,48,62)(H,49,67)(H,50,63)(H,51,71)(H,52,69)(H,53,68)(H,54,70)(H,55,64)(H,56,66)(H,57,65)/t24-,25+,26-,27-,30-,31-,32+,33+,34-,35-,38-/m1/s1. The van der Waals surface area contributed by atoms with Crippen LogP contribution in [0.5, 0.6) is 5.75 Å². The van der Waals surface area contributed by atoms with Crippen LogP contribution in [-0.2, 0) is 59.2 Å². The van der Waals surface area contributed by atoms with Gasteiger partial charge in [-0.15, -0.1) is 0 Å². The molecule has 16 N–H and O–H groups in total. The van der Waals surface area contributed by atoms with Gasteiger partial charge in [-0.05, 0) is 88.0 Å². The Morgan fingerprint density at radius 1 is 0.667 bits per heavy atom. The lowest BCUT2D eigenvalue weighted by Gasteiger charge is -2.27. The molecule has 0 aliphatic rings. The van der Waals surface area contributed by atoms with E-state index in [0.717, 1.165) is 0 Å². The zero-order valence-electron chi connectivity index (χ0n) is 42.1. The summed E-state index contributed by atoms with van der Waals surface area (Å²) in [6.07, 6.45) is 0.776. The molecule has 1 rings (SSSR count). The fourth-order valence-electron chi connectivity index (χ4n) is 6.59. The van der Waals surface area contributed by atoms with Crippen molar-refractivity contribution in [1.29, 1.82) is 0 Å². The molecular formula is C46H75N11O14S. The molecule has 0 fully saturated rings. The number of aliphatic hydroxyl groups is 2. The molecule has 0 spiro atoms. The molecule has 1 aromatic carbocycles. The monoisotopic (exact) mass is 1040 g/mol. The highest BCUT2D eigenvalue weighted by atomic mass is 32.2. The first-order valence-corrected chi connectivity index (χ1v) is 24.9. The van der Waals surface area contributed by atoms with Crippen LogP contribution in [0.15, 0.2) is 24.3 Å². The Morgan fingerprint density at radius 2 is 1.19 bits per heavy atom. The van der Waals surface area contributed by atoms with Gasteiger partial charge in [-0.3, -0.25) is 47.9 Å². The van der Waals surface area contributed by atoms with Crippen molar-refractivity contribution in [3.8, 4) is 5.75 Å². The van der Waals surface area contributed by atoms with E-state index in [2.05, 4.69) is 47.9 Å². The molecule has 0 aromatic heterocycles. The Hall–Kier alpha value is -6.38. The highest BCUT2D eigenvalue weighted by Gasteiger charge is 2.34. The highest BCUT2D eigenvalue weighted by molar-refractivity contribution is 7.98. The molecule has 0 aliphatic heterocycles. The number of aldehydes is 1. The van der Waals surface area contributed by atoms with E-state index in [4.69, 9.17) is 11.5 Å². The summed E-state index contributed by atoms with van der Waals surface area (Å²) in [6.45, 7) is 9.32. The second-order valence-corrected chi connectivity index (χ2v) is 18.8. The second-order valence-electron chi connectivity index (χ2n) is 17.8. The number of hydrogen-bond acceptors (Lipinski definition) is 16. The molecule has 0 saturated heterocycles. The molecule has 0 bridgehead atoms. The van der Waals surface area contributed by atoms with Gasteiger partial charge < -0.3 is 79.4 Å². The first kappa shape index (κ1) is 63.6. The molecule has 0 heterocycles. The number of aromatic hydroxyl groups is 1. The van der Waals surface area contributed by atoms with Crippen molar-refractivity contribution >= 4 is 77.1 Å². The summed E-state index contributed by atoms with van der Waals surface area (Å²) in [5.41, 5.74) is 12.0. The predicted molar refractivity (Wildman–Crippen MR) is 265 cm³/mol. The van der Waals surface area contributed by atoms with Gasteiger partial charge >= 0.3 is 0 Å². The number of primary amides is 1. The van der Waals surface area contributed by atoms with Crippen molar-refractivity contribution in [3.63, 3.8) is 0 Å². The van der Waals surface area contributed by atoms with E-state index in [9.17, 15) is 68.1 Å². The Kier molecular flexibility index (Phi) is 28.8. The van der Waals surface area contributed by atoms with Gasteiger partial charge in [-0.25, -0.2) is 0 Å². The Labute approximate surface area is 423 Å². The number of phenols is 1. The molecule has 404 valence electrons. The number of carbonyl (C=O) groups excluding carboxylic acids is 11. The van der Waals surface area contributed by atoms with Crippen LogP contribution in [0, 0.1) is 11.8 Å². The lowest BCUT2D eigenvalue weighted by molar-refractivity contribution is -0.136. The largest absolute Gasteiger partial charge is 0.508 e. The molecule has 11 atom stereocenters. The molecule has 0 unspecified atom stereocenters. The van der Waals surface area contributed by atoms with Crippen LogP contribution in [-0.4, -0.2) is 166 Å². The zero-order chi connectivity index (χ0) is 54.8. The van der Waals surface area contributed by atoms with Crippen molar-refractivity contribution in [2.45, 2.75) is 147 Å². The maximum absolute atomic E-state index is 13.8. The number of nitrogens with one attached hydrogen (secondary N) is 9. The number of amides is 10. The van der Waals surface area contributed by atoms with Crippen molar-refractivity contribution in [1.82, 2.24) is 47.9 Å². The number of nitrogens with two attached hydrogens (primary N) is 2. The predicted octanol–water partition coefficient (Wildman–Crippen LogP) is -4.02. The van der Waals surface area contributed by atoms with Gasteiger partial charge in [-0.1, -0.05) is 46.2 Å². The number of rotatable bonds is 33. The third-order valence-electron chi connectivity index (χ3n) is 11.2. The maximum atomic E-state index is 13.8. The van der Waals surface area contributed by atoms with Crippen LogP contribution in [0.25, 0.3) is 0 Å². The molecule has 0 saturated carbocycles.